The van der Waals surface area contributed by atoms with Crippen LogP contribution >= 0.6 is 22.6 Å². The summed E-state index contributed by atoms with van der Waals surface area (Å²) in [5.74, 6) is 0. The predicted octanol–water partition coefficient (Wildman–Crippen LogP) is 3.75. The van der Waals surface area contributed by atoms with E-state index in [2.05, 4.69) is 60.0 Å². The van der Waals surface area contributed by atoms with Gasteiger partial charge < -0.3 is 5.32 Å². The molecule has 1 rings (SSSR count). The molecule has 0 aromatic heterocycles. The molecule has 72 valence electrons. The van der Waals surface area contributed by atoms with E-state index >= 15 is 0 Å². The minimum absolute atomic E-state index is 1.06. The van der Waals surface area contributed by atoms with Crippen molar-refractivity contribution in [2.75, 3.05) is 11.9 Å². The number of rotatable bonds is 4. The maximum atomic E-state index is 3.41. The summed E-state index contributed by atoms with van der Waals surface area (Å²) in [6.45, 7) is 5.40. The molecule has 0 atom stereocenters. The number of anilines is 1. The molecule has 2 heteroatoms. The molecule has 0 heterocycles. The molecule has 0 amide bonds. The topological polar surface area (TPSA) is 12.0 Å². The molecule has 0 saturated heterocycles. The molecular formula is C11H16IN. The van der Waals surface area contributed by atoms with E-state index in [9.17, 15) is 0 Å². The first-order chi connectivity index (χ1) is 6.27. The van der Waals surface area contributed by atoms with Crippen LogP contribution in [-0.4, -0.2) is 6.54 Å². The third-order valence-electron chi connectivity index (χ3n) is 2.01. The van der Waals surface area contributed by atoms with Crippen LogP contribution in [-0.2, 0) is 4.43 Å². The van der Waals surface area contributed by atoms with E-state index in [0.717, 1.165) is 11.0 Å². The highest BCUT2D eigenvalue weighted by molar-refractivity contribution is 14.1. The van der Waals surface area contributed by atoms with Crippen LogP contribution in [0.25, 0.3) is 0 Å². The van der Waals surface area contributed by atoms with Gasteiger partial charge in [-0.2, -0.15) is 0 Å². The van der Waals surface area contributed by atoms with Crippen LogP contribution in [0.15, 0.2) is 18.2 Å². The first-order valence-electron chi connectivity index (χ1n) is 4.67. The molecule has 0 aliphatic carbocycles. The van der Waals surface area contributed by atoms with Crippen molar-refractivity contribution in [1.82, 2.24) is 0 Å². The van der Waals surface area contributed by atoms with Gasteiger partial charge in [0.25, 0.3) is 0 Å². The number of halogens is 1. The Morgan fingerprint density at radius 3 is 2.69 bits per heavy atom. The normalized spacial score (nSPS) is 10.1. The minimum Gasteiger partial charge on any atom is -0.385 e. The second-order valence-corrected chi connectivity index (χ2v) is 3.97. The number of nitrogens with one attached hydrogen (secondary N) is 1. The highest BCUT2D eigenvalue weighted by Crippen LogP contribution is 2.17. The molecule has 0 saturated carbocycles. The highest BCUT2D eigenvalue weighted by atomic mass is 127. The molecule has 0 unspecified atom stereocenters. The van der Waals surface area contributed by atoms with Crippen molar-refractivity contribution in [3.05, 3.63) is 29.3 Å². The average Bonchev–Trinajstić information content (AvgIpc) is 2.16. The summed E-state index contributed by atoms with van der Waals surface area (Å²) in [5.41, 5.74) is 4.03. The fraction of sp³-hybridized carbons (Fsp3) is 0.455. The van der Waals surface area contributed by atoms with Crippen LogP contribution in [0, 0.1) is 6.92 Å². The van der Waals surface area contributed by atoms with Gasteiger partial charge >= 0.3 is 0 Å². The van der Waals surface area contributed by atoms with Gasteiger partial charge in [0.1, 0.15) is 0 Å². The van der Waals surface area contributed by atoms with E-state index in [1.165, 1.54) is 23.2 Å². The molecule has 0 fully saturated rings. The van der Waals surface area contributed by atoms with Gasteiger partial charge in [-0.15, -0.1) is 0 Å². The van der Waals surface area contributed by atoms with Crippen molar-refractivity contribution in [1.29, 1.82) is 0 Å². The zero-order valence-electron chi connectivity index (χ0n) is 8.23. The molecule has 13 heavy (non-hydrogen) atoms. The Morgan fingerprint density at radius 2 is 2.15 bits per heavy atom. The Morgan fingerprint density at radius 1 is 1.38 bits per heavy atom. The van der Waals surface area contributed by atoms with Gasteiger partial charge in [-0.1, -0.05) is 41.6 Å². The van der Waals surface area contributed by atoms with Crippen molar-refractivity contribution >= 4 is 28.3 Å². The van der Waals surface area contributed by atoms with Gasteiger partial charge in [0.2, 0.25) is 0 Å². The van der Waals surface area contributed by atoms with Crippen molar-refractivity contribution in [2.45, 2.75) is 24.7 Å². The zero-order chi connectivity index (χ0) is 9.68. The molecular weight excluding hydrogens is 273 g/mol. The fourth-order valence-electron chi connectivity index (χ4n) is 1.27. The molecule has 0 spiro atoms. The monoisotopic (exact) mass is 289 g/mol. The number of hydrogen-bond donors (Lipinski definition) is 1. The van der Waals surface area contributed by atoms with Crippen LogP contribution < -0.4 is 5.32 Å². The average molecular weight is 289 g/mol. The van der Waals surface area contributed by atoms with Gasteiger partial charge in [0.05, 0.1) is 0 Å². The van der Waals surface area contributed by atoms with Crippen LogP contribution in [0.1, 0.15) is 24.5 Å². The first-order valence-corrected chi connectivity index (χ1v) is 6.20. The predicted molar refractivity (Wildman–Crippen MR) is 67.7 cm³/mol. The van der Waals surface area contributed by atoms with Crippen molar-refractivity contribution in [2.24, 2.45) is 0 Å². The Labute approximate surface area is 94.1 Å². The molecule has 1 N–H and O–H groups in total. The van der Waals surface area contributed by atoms with Gasteiger partial charge in [0, 0.05) is 16.7 Å². The van der Waals surface area contributed by atoms with Gasteiger partial charge in [-0.3, -0.25) is 0 Å². The Kier molecular flexibility index (Phi) is 4.56. The second kappa shape index (κ2) is 5.47. The van der Waals surface area contributed by atoms with Crippen LogP contribution in [0.2, 0.25) is 0 Å². The lowest BCUT2D eigenvalue weighted by atomic mass is 10.1. The summed E-state index contributed by atoms with van der Waals surface area (Å²) < 4.78 is 1.09. The lowest BCUT2D eigenvalue weighted by Gasteiger charge is -2.09. The third-order valence-corrected chi connectivity index (χ3v) is 2.89. The number of benzene rings is 1. The number of alkyl halides is 1. The zero-order valence-corrected chi connectivity index (χ0v) is 10.4. The maximum Gasteiger partial charge on any atom is 0.0370 e. The van der Waals surface area contributed by atoms with Crippen LogP contribution in [0.3, 0.4) is 0 Å². The SMILES string of the molecule is CCCNc1ccc(CI)cc1C. The first kappa shape index (κ1) is 10.8. The van der Waals surface area contributed by atoms with Crippen molar-refractivity contribution < 1.29 is 0 Å². The van der Waals surface area contributed by atoms with E-state index in [0.29, 0.717) is 0 Å². The Bertz CT molecular complexity index is 271. The van der Waals surface area contributed by atoms with E-state index in [1.807, 2.05) is 0 Å². The van der Waals surface area contributed by atoms with Crippen molar-refractivity contribution in [3.8, 4) is 0 Å². The van der Waals surface area contributed by atoms with Crippen LogP contribution in [0.5, 0.6) is 0 Å². The lowest BCUT2D eigenvalue weighted by Crippen LogP contribution is -2.01. The maximum absolute atomic E-state index is 3.41. The summed E-state index contributed by atoms with van der Waals surface area (Å²) in [7, 11) is 0. The standard InChI is InChI=1S/C11H16IN/c1-3-6-13-11-5-4-10(8-12)7-9(11)2/h4-5,7,13H,3,6,8H2,1-2H3. The van der Waals surface area contributed by atoms with Crippen LogP contribution in [0.4, 0.5) is 5.69 Å². The molecule has 0 aliphatic rings. The number of hydrogen-bond acceptors (Lipinski definition) is 1. The van der Waals surface area contributed by atoms with E-state index in [1.54, 1.807) is 0 Å². The highest BCUT2D eigenvalue weighted by Gasteiger charge is 1.97. The smallest absolute Gasteiger partial charge is 0.0370 e. The van der Waals surface area contributed by atoms with Gasteiger partial charge in [-0.25, -0.2) is 0 Å². The Hall–Kier alpha value is -0.250. The summed E-state index contributed by atoms with van der Waals surface area (Å²) in [4.78, 5) is 0. The fourth-order valence-corrected chi connectivity index (χ4v) is 1.74. The Balaban J connectivity index is 2.73. The molecule has 0 bridgehead atoms. The lowest BCUT2D eigenvalue weighted by molar-refractivity contribution is 0.977. The molecule has 1 aromatic rings. The van der Waals surface area contributed by atoms with E-state index in [-0.39, 0.29) is 0 Å². The van der Waals surface area contributed by atoms with Crippen molar-refractivity contribution in [3.63, 3.8) is 0 Å². The molecule has 1 aromatic carbocycles. The second-order valence-electron chi connectivity index (χ2n) is 3.21. The van der Waals surface area contributed by atoms with Gasteiger partial charge in [0.15, 0.2) is 0 Å². The summed E-state index contributed by atoms with van der Waals surface area (Å²) >= 11 is 2.39. The van der Waals surface area contributed by atoms with E-state index < -0.39 is 0 Å². The molecule has 0 aliphatic heterocycles. The summed E-state index contributed by atoms with van der Waals surface area (Å²) in [6.07, 6.45) is 1.17. The summed E-state index contributed by atoms with van der Waals surface area (Å²) in [5, 5.41) is 3.41. The quantitative estimate of drug-likeness (QED) is 0.657. The molecule has 1 nitrogen and oxygen atoms in total. The number of aryl methyl sites for hydroxylation is 1. The van der Waals surface area contributed by atoms with Gasteiger partial charge in [-0.05, 0) is 30.5 Å². The largest absolute Gasteiger partial charge is 0.385 e. The molecule has 0 radical (unpaired) electrons. The summed E-state index contributed by atoms with van der Waals surface area (Å²) in [6, 6.07) is 6.63. The minimum atomic E-state index is 1.06. The van der Waals surface area contributed by atoms with E-state index in [4.69, 9.17) is 0 Å². The third kappa shape index (κ3) is 3.18.